The molecular formula is C9H15FO2. The maximum atomic E-state index is 13.0. The average Bonchev–Trinajstić information content (AvgIpc) is 2.04. The second-order valence-corrected chi connectivity index (χ2v) is 2.65. The van der Waals surface area contributed by atoms with Crippen LogP contribution < -0.4 is 0 Å². The molecule has 0 saturated heterocycles. The summed E-state index contributed by atoms with van der Waals surface area (Å²) in [6.45, 7) is 6.65. The van der Waals surface area contributed by atoms with Gasteiger partial charge in [0.2, 0.25) is 0 Å². The molecule has 0 heterocycles. The Morgan fingerprint density at radius 2 is 2.33 bits per heavy atom. The summed E-state index contributed by atoms with van der Waals surface area (Å²) in [7, 11) is 0. The SMILES string of the molecule is C=CC(=O)OC(C)C(F)CCC. The Hall–Kier alpha value is -0.860. The first-order chi connectivity index (χ1) is 5.61. The van der Waals surface area contributed by atoms with E-state index in [0.29, 0.717) is 6.42 Å². The van der Waals surface area contributed by atoms with Gasteiger partial charge in [-0.2, -0.15) is 0 Å². The topological polar surface area (TPSA) is 26.3 Å². The third-order valence-corrected chi connectivity index (χ3v) is 1.54. The summed E-state index contributed by atoms with van der Waals surface area (Å²) in [4.78, 5) is 10.6. The molecule has 0 aliphatic carbocycles. The number of carbonyl (C=O) groups excluding carboxylic acids is 1. The largest absolute Gasteiger partial charge is 0.456 e. The molecule has 70 valence electrons. The van der Waals surface area contributed by atoms with Gasteiger partial charge in [0.25, 0.3) is 0 Å². The molecule has 0 aliphatic heterocycles. The highest BCUT2D eigenvalue weighted by molar-refractivity contribution is 5.81. The van der Waals surface area contributed by atoms with E-state index in [2.05, 4.69) is 11.3 Å². The zero-order chi connectivity index (χ0) is 9.56. The van der Waals surface area contributed by atoms with Crippen LogP contribution >= 0.6 is 0 Å². The van der Waals surface area contributed by atoms with Gasteiger partial charge in [0.05, 0.1) is 0 Å². The van der Waals surface area contributed by atoms with Crippen molar-refractivity contribution in [3.63, 3.8) is 0 Å². The molecule has 0 N–H and O–H groups in total. The predicted molar refractivity (Wildman–Crippen MR) is 45.6 cm³/mol. The number of ether oxygens (including phenoxy) is 1. The highest BCUT2D eigenvalue weighted by Gasteiger charge is 2.17. The number of carbonyl (C=O) groups is 1. The van der Waals surface area contributed by atoms with E-state index >= 15 is 0 Å². The summed E-state index contributed by atoms with van der Waals surface area (Å²) in [5, 5.41) is 0. The van der Waals surface area contributed by atoms with Crippen LogP contribution in [0.15, 0.2) is 12.7 Å². The van der Waals surface area contributed by atoms with Crippen LogP contribution in [0.5, 0.6) is 0 Å². The first-order valence-electron chi connectivity index (χ1n) is 4.09. The molecule has 0 aromatic heterocycles. The maximum Gasteiger partial charge on any atom is 0.330 e. The van der Waals surface area contributed by atoms with E-state index in [0.717, 1.165) is 12.5 Å². The van der Waals surface area contributed by atoms with Crippen LogP contribution in [0.1, 0.15) is 26.7 Å². The van der Waals surface area contributed by atoms with E-state index in [-0.39, 0.29) is 0 Å². The van der Waals surface area contributed by atoms with Crippen molar-refractivity contribution in [3.05, 3.63) is 12.7 Å². The van der Waals surface area contributed by atoms with E-state index < -0.39 is 18.2 Å². The lowest BCUT2D eigenvalue weighted by molar-refractivity contribution is -0.145. The molecule has 0 radical (unpaired) electrons. The van der Waals surface area contributed by atoms with Crippen LogP contribution in [-0.2, 0) is 9.53 Å². The zero-order valence-electron chi connectivity index (χ0n) is 7.55. The number of hydrogen-bond donors (Lipinski definition) is 0. The lowest BCUT2D eigenvalue weighted by Crippen LogP contribution is -2.24. The quantitative estimate of drug-likeness (QED) is 0.472. The zero-order valence-corrected chi connectivity index (χ0v) is 7.55. The Kier molecular flexibility index (Phi) is 5.34. The second kappa shape index (κ2) is 5.75. The summed E-state index contributed by atoms with van der Waals surface area (Å²) >= 11 is 0. The van der Waals surface area contributed by atoms with Gasteiger partial charge in [-0.25, -0.2) is 9.18 Å². The lowest BCUT2D eigenvalue weighted by atomic mass is 10.1. The Labute approximate surface area is 72.4 Å². The summed E-state index contributed by atoms with van der Waals surface area (Å²) in [5.74, 6) is -0.568. The Bertz CT molecular complexity index is 157. The van der Waals surface area contributed by atoms with Gasteiger partial charge >= 0.3 is 5.97 Å². The minimum Gasteiger partial charge on any atom is -0.456 e. The maximum absolute atomic E-state index is 13.0. The second-order valence-electron chi connectivity index (χ2n) is 2.65. The number of esters is 1. The van der Waals surface area contributed by atoms with Crippen molar-refractivity contribution < 1.29 is 13.9 Å². The van der Waals surface area contributed by atoms with E-state index in [9.17, 15) is 9.18 Å². The Morgan fingerprint density at radius 3 is 2.75 bits per heavy atom. The summed E-state index contributed by atoms with van der Waals surface area (Å²) < 4.78 is 17.7. The molecule has 2 nitrogen and oxygen atoms in total. The fourth-order valence-electron chi connectivity index (χ4n) is 0.816. The van der Waals surface area contributed by atoms with Crippen molar-refractivity contribution in [1.29, 1.82) is 0 Å². The molecule has 0 spiro atoms. The third kappa shape index (κ3) is 4.11. The van der Waals surface area contributed by atoms with Gasteiger partial charge in [-0.3, -0.25) is 0 Å². The van der Waals surface area contributed by atoms with Crippen molar-refractivity contribution in [3.8, 4) is 0 Å². The van der Waals surface area contributed by atoms with Gasteiger partial charge in [0, 0.05) is 6.08 Å². The van der Waals surface area contributed by atoms with E-state index in [1.807, 2.05) is 6.92 Å². The third-order valence-electron chi connectivity index (χ3n) is 1.54. The van der Waals surface area contributed by atoms with Crippen LogP contribution in [0.2, 0.25) is 0 Å². The van der Waals surface area contributed by atoms with Crippen molar-refractivity contribution in [2.45, 2.75) is 39.0 Å². The molecule has 0 aliphatic rings. The first-order valence-corrected chi connectivity index (χ1v) is 4.09. The van der Waals surface area contributed by atoms with Crippen molar-refractivity contribution >= 4 is 5.97 Å². The molecule has 2 unspecified atom stereocenters. The summed E-state index contributed by atoms with van der Waals surface area (Å²) in [6.07, 6.45) is 0.465. The normalized spacial score (nSPS) is 14.9. The number of halogens is 1. The summed E-state index contributed by atoms with van der Waals surface area (Å²) in [5.41, 5.74) is 0. The molecule has 0 aromatic carbocycles. The monoisotopic (exact) mass is 174 g/mol. The average molecular weight is 174 g/mol. The standard InChI is InChI=1S/C9H15FO2/c1-4-6-8(10)7(3)12-9(11)5-2/h5,7-8H,2,4,6H2,1,3H3. The smallest absolute Gasteiger partial charge is 0.330 e. The molecule has 0 bridgehead atoms. The number of alkyl halides is 1. The van der Waals surface area contributed by atoms with Gasteiger partial charge in [0.1, 0.15) is 12.3 Å². The molecule has 0 aromatic rings. The van der Waals surface area contributed by atoms with Gasteiger partial charge in [-0.1, -0.05) is 19.9 Å². The molecule has 0 saturated carbocycles. The van der Waals surface area contributed by atoms with Gasteiger partial charge in [-0.05, 0) is 13.3 Å². The molecule has 0 amide bonds. The number of hydrogen-bond acceptors (Lipinski definition) is 2. The van der Waals surface area contributed by atoms with Crippen LogP contribution in [-0.4, -0.2) is 18.2 Å². The van der Waals surface area contributed by atoms with E-state index in [1.165, 1.54) is 0 Å². The fraction of sp³-hybridized carbons (Fsp3) is 0.667. The Morgan fingerprint density at radius 1 is 1.75 bits per heavy atom. The molecule has 0 fully saturated rings. The van der Waals surface area contributed by atoms with Crippen molar-refractivity contribution in [1.82, 2.24) is 0 Å². The first kappa shape index (κ1) is 11.1. The number of rotatable bonds is 5. The van der Waals surface area contributed by atoms with Crippen LogP contribution in [0.3, 0.4) is 0 Å². The van der Waals surface area contributed by atoms with Crippen molar-refractivity contribution in [2.24, 2.45) is 0 Å². The minimum atomic E-state index is -1.07. The lowest BCUT2D eigenvalue weighted by Gasteiger charge is -2.15. The predicted octanol–water partition coefficient (Wildman–Crippen LogP) is 2.24. The molecule has 3 heteroatoms. The van der Waals surface area contributed by atoms with Crippen LogP contribution in [0, 0.1) is 0 Å². The summed E-state index contributed by atoms with van der Waals surface area (Å²) in [6, 6.07) is 0. The van der Waals surface area contributed by atoms with E-state index in [4.69, 9.17) is 0 Å². The van der Waals surface area contributed by atoms with Gasteiger partial charge in [-0.15, -0.1) is 0 Å². The molecular weight excluding hydrogens is 159 g/mol. The van der Waals surface area contributed by atoms with Gasteiger partial charge < -0.3 is 4.74 Å². The molecule has 0 rings (SSSR count). The molecule has 12 heavy (non-hydrogen) atoms. The Balaban J connectivity index is 3.77. The van der Waals surface area contributed by atoms with Crippen molar-refractivity contribution in [2.75, 3.05) is 0 Å². The fourth-order valence-corrected chi connectivity index (χ4v) is 0.816. The highest BCUT2D eigenvalue weighted by Crippen LogP contribution is 2.10. The van der Waals surface area contributed by atoms with Gasteiger partial charge in [0.15, 0.2) is 0 Å². The van der Waals surface area contributed by atoms with Crippen LogP contribution in [0.25, 0.3) is 0 Å². The highest BCUT2D eigenvalue weighted by atomic mass is 19.1. The van der Waals surface area contributed by atoms with Crippen LogP contribution in [0.4, 0.5) is 4.39 Å². The molecule has 2 atom stereocenters. The van der Waals surface area contributed by atoms with E-state index in [1.54, 1.807) is 6.92 Å². The minimum absolute atomic E-state index is 0.422.